The molecule has 0 saturated carbocycles. The van der Waals surface area contributed by atoms with Crippen molar-refractivity contribution in [3.63, 3.8) is 0 Å². The zero-order valence-corrected chi connectivity index (χ0v) is 14.4. The molecule has 0 aliphatic carbocycles. The second-order valence-corrected chi connectivity index (χ2v) is 10.4. The normalized spacial score (nSPS) is 11.6. The number of halogens is 1. The van der Waals surface area contributed by atoms with Gasteiger partial charge < -0.3 is 12.4 Å². The van der Waals surface area contributed by atoms with E-state index >= 15 is 0 Å². The SMILES string of the molecule is CCCC[P+](CCCC)(CCCC)C(C)C.[Cl-]. The van der Waals surface area contributed by atoms with Crippen LogP contribution < -0.4 is 12.4 Å². The molecule has 0 N–H and O–H groups in total. The quantitative estimate of drug-likeness (QED) is 0.540. The second-order valence-electron chi connectivity index (χ2n) is 5.54. The molecule has 17 heavy (non-hydrogen) atoms. The summed E-state index contributed by atoms with van der Waals surface area (Å²) in [6.45, 7) is 12.0. The van der Waals surface area contributed by atoms with Gasteiger partial charge in [0, 0.05) is 7.26 Å². The monoisotopic (exact) mass is 280 g/mol. The van der Waals surface area contributed by atoms with E-state index in [9.17, 15) is 0 Å². The fourth-order valence-electron chi connectivity index (χ4n) is 2.53. The topological polar surface area (TPSA) is 0 Å². The molecule has 0 bridgehead atoms. The van der Waals surface area contributed by atoms with E-state index in [0.717, 1.165) is 5.66 Å². The van der Waals surface area contributed by atoms with Gasteiger partial charge in [0.2, 0.25) is 0 Å². The van der Waals surface area contributed by atoms with Crippen molar-refractivity contribution in [2.24, 2.45) is 0 Å². The molecule has 0 amide bonds. The molecule has 0 radical (unpaired) electrons. The van der Waals surface area contributed by atoms with Crippen molar-refractivity contribution in [1.29, 1.82) is 0 Å². The van der Waals surface area contributed by atoms with Gasteiger partial charge in [-0.2, -0.15) is 0 Å². The highest BCUT2D eigenvalue weighted by atomic mass is 35.5. The van der Waals surface area contributed by atoms with Crippen LogP contribution in [0.3, 0.4) is 0 Å². The Bertz CT molecular complexity index is 135. The Hall–Kier alpha value is 0.720. The van der Waals surface area contributed by atoms with Crippen LogP contribution in [0, 0.1) is 0 Å². The number of rotatable bonds is 10. The maximum Gasteiger partial charge on any atom is 0.0641 e. The number of unbranched alkanes of at least 4 members (excludes halogenated alkanes) is 3. The van der Waals surface area contributed by atoms with Crippen molar-refractivity contribution >= 4 is 7.26 Å². The maximum atomic E-state index is 2.49. The van der Waals surface area contributed by atoms with Crippen LogP contribution in [-0.4, -0.2) is 24.1 Å². The lowest BCUT2D eigenvalue weighted by molar-refractivity contribution is -0.00000383. The second kappa shape index (κ2) is 11.8. The molecule has 0 fully saturated rings. The molecular formula is C15H34ClP. The highest BCUT2D eigenvalue weighted by molar-refractivity contribution is 7.76. The molecule has 0 rings (SSSR count). The summed E-state index contributed by atoms with van der Waals surface area (Å²) in [7, 11) is -0.618. The van der Waals surface area contributed by atoms with E-state index in [0.29, 0.717) is 0 Å². The Labute approximate surface area is 117 Å². The van der Waals surface area contributed by atoms with E-state index < -0.39 is 7.26 Å². The van der Waals surface area contributed by atoms with Crippen LogP contribution in [0.1, 0.15) is 73.1 Å². The first kappa shape index (κ1) is 20.0. The first-order chi connectivity index (χ1) is 7.63. The van der Waals surface area contributed by atoms with Crippen LogP contribution >= 0.6 is 7.26 Å². The van der Waals surface area contributed by atoms with Gasteiger partial charge in [0.15, 0.2) is 0 Å². The average molecular weight is 281 g/mol. The minimum absolute atomic E-state index is 0. The van der Waals surface area contributed by atoms with Crippen molar-refractivity contribution in [3.8, 4) is 0 Å². The molecule has 0 aromatic heterocycles. The summed E-state index contributed by atoms with van der Waals surface area (Å²) >= 11 is 0. The summed E-state index contributed by atoms with van der Waals surface area (Å²) in [6, 6.07) is 0. The Morgan fingerprint density at radius 3 is 1.18 bits per heavy atom. The Morgan fingerprint density at radius 2 is 1.00 bits per heavy atom. The summed E-state index contributed by atoms with van der Waals surface area (Å²) < 4.78 is 0. The largest absolute Gasteiger partial charge is 1.00 e. The Balaban J connectivity index is 0. The predicted octanol–water partition coefficient (Wildman–Crippen LogP) is 2.82. The minimum Gasteiger partial charge on any atom is -1.00 e. The number of hydrogen-bond acceptors (Lipinski definition) is 0. The van der Waals surface area contributed by atoms with Gasteiger partial charge in [0.1, 0.15) is 0 Å². The fourth-order valence-corrected chi connectivity index (χ4v) is 7.59. The summed E-state index contributed by atoms with van der Waals surface area (Å²) in [5.41, 5.74) is 0.970. The van der Waals surface area contributed by atoms with Crippen LogP contribution in [0.4, 0.5) is 0 Å². The van der Waals surface area contributed by atoms with E-state index in [1.807, 2.05) is 0 Å². The molecule has 0 aliphatic rings. The summed E-state index contributed by atoms with van der Waals surface area (Å²) in [4.78, 5) is 0. The molecule has 0 saturated heterocycles. The van der Waals surface area contributed by atoms with Gasteiger partial charge in [-0.1, -0.05) is 40.0 Å². The third kappa shape index (κ3) is 7.68. The minimum atomic E-state index is -0.618. The first-order valence-electron chi connectivity index (χ1n) is 7.48. The molecule has 0 atom stereocenters. The van der Waals surface area contributed by atoms with Crippen LogP contribution in [-0.2, 0) is 0 Å². The van der Waals surface area contributed by atoms with Crippen LogP contribution in [0.2, 0.25) is 0 Å². The van der Waals surface area contributed by atoms with E-state index in [1.54, 1.807) is 18.5 Å². The molecule has 0 aromatic rings. The van der Waals surface area contributed by atoms with Crippen molar-refractivity contribution in [2.45, 2.75) is 78.8 Å². The van der Waals surface area contributed by atoms with Crippen LogP contribution in [0.5, 0.6) is 0 Å². The number of hydrogen-bond donors (Lipinski definition) is 0. The zero-order chi connectivity index (χ0) is 12.4. The molecule has 106 valence electrons. The van der Waals surface area contributed by atoms with Gasteiger partial charge in [-0.15, -0.1) is 0 Å². The zero-order valence-electron chi connectivity index (χ0n) is 12.8. The third-order valence-corrected chi connectivity index (χ3v) is 9.78. The van der Waals surface area contributed by atoms with Gasteiger partial charge in [0.25, 0.3) is 0 Å². The molecular weight excluding hydrogens is 247 g/mol. The average Bonchev–Trinajstić information content (AvgIpc) is 2.28. The van der Waals surface area contributed by atoms with E-state index in [4.69, 9.17) is 0 Å². The highest BCUT2D eigenvalue weighted by Crippen LogP contribution is 2.64. The molecule has 0 nitrogen and oxygen atoms in total. The highest BCUT2D eigenvalue weighted by Gasteiger charge is 2.38. The molecule has 2 heteroatoms. The van der Waals surface area contributed by atoms with Gasteiger partial charge in [-0.3, -0.25) is 0 Å². The summed E-state index contributed by atoms with van der Waals surface area (Å²) in [5.74, 6) is 0. The lowest BCUT2D eigenvalue weighted by Crippen LogP contribution is -3.00. The third-order valence-electron chi connectivity index (χ3n) is 3.97. The van der Waals surface area contributed by atoms with Gasteiger partial charge in [-0.25, -0.2) is 0 Å². The smallest absolute Gasteiger partial charge is 0.0641 e. The molecule has 0 aromatic carbocycles. The van der Waals surface area contributed by atoms with Crippen molar-refractivity contribution in [1.82, 2.24) is 0 Å². The predicted molar refractivity (Wildman–Crippen MR) is 81.4 cm³/mol. The van der Waals surface area contributed by atoms with Gasteiger partial charge >= 0.3 is 0 Å². The Kier molecular flexibility index (Phi) is 13.9. The van der Waals surface area contributed by atoms with Gasteiger partial charge in [0.05, 0.1) is 24.1 Å². The molecule has 0 spiro atoms. The Morgan fingerprint density at radius 1 is 0.706 bits per heavy atom. The van der Waals surface area contributed by atoms with Gasteiger partial charge in [-0.05, 0) is 33.1 Å². The first-order valence-corrected chi connectivity index (χ1v) is 9.90. The molecule has 0 unspecified atom stereocenters. The van der Waals surface area contributed by atoms with E-state index in [-0.39, 0.29) is 12.4 Å². The summed E-state index contributed by atoms with van der Waals surface area (Å²) in [5, 5.41) is 0. The lowest BCUT2D eigenvalue weighted by Gasteiger charge is -2.31. The van der Waals surface area contributed by atoms with Crippen LogP contribution in [0.15, 0.2) is 0 Å². The van der Waals surface area contributed by atoms with Crippen molar-refractivity contribution in [2.75, 3.05) is 18.5 Å². The van der Waals surface area contributed by atoms with E-state index in [1.165, 1.54) is 38.5 Å². The van der Waals surface area contributed by atoms with Crippen molar-refractivity contribution in [3.05, 3.63) is 0 Å². The standard InChI is InChI=1S/C15H34P.ClH/c1-6-9-12-16(15(4)5,13-10-7-2)14-11-8-3;/h15H,6-14H2,1-5H3;1H/q+1;/p-1. The molecule has 0 heterocycles. The maximum absolute atomic E-state index is 2.49. The van der Waals surface area contributed by atoms with Crippen LogP contribution in [0.25, 0.3) is 0 Å². The summed E-state index contributed by atoms with van der Waals surface area (Å²) in [6.07, 6.45) is 13.3. The molecule has 0 aliphatic heterocycles. The lowest BCUT2D eigenvalue weighted by atomic mass is 10.4. The van der Waals surface area contributed by atoms with E-state index in [2.05, 4.69) is 34.6 Å². The fraction of sp³-hybridized carbons (Fsp3) is 1.00. The van der Waals surface area contributed by atoms with Crippen molar-refractivity contribution < 1.29 is 12.4 Å².